The number of nitrogens with two attached hydrogens (primary N) is 1. The Morgan fingerprint density at radius 1 is 1.41 bits per heavy atom. The lowest BCUT2D eigenvalue weighted by molar-refractivity contribution is -0.114. The van der Waals surface area contributed by atoms with Crippen molar-refractivity contribution in [2.45, 2.75) is 13.8 Å². The Morgan fingerprint density at radius 3 is 2.76 bits per heavy atom. The summed E-state index contributed by atoms with van der Waals surface area (Å²) in [6, 6.07) is 5.14. The molecule has 5 heteroatoms. The number of carbonyl (C=O) groups excluding carboxylic acids is 1. The van der Waals surface area contributed by atoms with E-state index in [2.05, 4.69) is 5.32 Å². The lowest BCUT2D eigenvalue weighted by Crippen LogP contribution is -2.09. The van der Waals surface area contributed by atoms with Crippen LogP contribution in [0.5, 0.6) is 5.75 Å². The molecule has 3 N–H and O–H groups in total. The fourth-order valence-electron chi connectivity index (χ4n) is 1.32. The van der Waals surface area contributed by atoms with Gasteiger partial charge < -0.3 is 20.5 Å². The second kappa shape index (κ2) is 6.75. The van der Waals surface area contributed by atoms with E-state index in [0.717, 1.165) is 0 Å². The van der Waals surface area contributed by atoms with Gasteiger partial charge in [0.25, 0.3) is 0 Å². The van der Waals surface area contributed by atoms with E-state index >= 15 is 0 Å². The zero-order valence-electron chi connectivity index (χ0n) is 10.2. The largest absolute Gasteiger partial charge is 0.489 e. The number of benzene rings is 1. The summed E-state index contributed by atoms with van der Waals surface area (Å²) in [4.78, 5) is 10.9. The Labute approximate surface area is 101 Å². The van der Waals surface area contributed by atoms with E-state index in [4.69, 9.17) is 15.2 Å². The zero-order chi connectivity index (χ0) is 12.7. The number of hydrogen-bond donors (Lipinski definition) is 2. The van der Waals surface area contributed by atoms with E-state index in [-0.39, 0.29) is 5.91 Å². The first kappa shape index (κ1) is 13.3. The van der Waals surface area contributed by atoms with Crippen molar-refractivity contribution in [1.82, 2.24) is 0 Å². The number of rotatable bonds is 6. The third-order valence-electron chi connectivity index (χ3n) is 2.02. The maximum absolute atomic E-state index is 10.9. The minimum Gasteiger partial charge on any atom is -0.489 e. The van der Waals surface area contributed by atoms with Crippen LogP contribution in [0.1, 0.15) is 13.8 Å². The molecule has 0 aliphatic heterocycles. The molecular weight excluding hydrogens is 220 g/mol. The molecule has 5 nitrogen and oxygen atoms in total. The van der Waals surface area contributed by atoms with Crippen molar-refractivity contribution in [3.8, 4) is 5.75 Å². The van der Waals surface area contributed by atoms with E-state index in [1.165, 1.54) is 6.92 Å². The average molecular weight is 238 g/mol. The van der Waals surface area contributed by atoms with Crippen LogP contribution in [-0.2, 0) is 9.53 Å². The fourth-order valence-corrected chi connectivity index (χ4v) is 1.32. The van der Waals surface area contributed by atoms with Gasteiger partial charge in [0.05, 0.1) is 12.3 Å². The van der Waals surface area contributed by atoms with Gasteiger partial charge in [0.2, 0.25) is 5.91 Å². The Hall–Kier alpha value is -1.75. The summed E-state index contributed by atoms with van der Waals surface area (Å²) in [6.45, 7) is 5.03. The molecule has 0 heterocycles. The first-order valence-electron chi connectivity index (χ1n) is 5.51. The van der Waals surface area contributed by atoms with Gasteiger partial charge in [-0.25, -0.2) is 0 Å². The normalized spacial score (nSPS) is 10.0. The van der Waals surface area contributed by atoms with Crippen molar-refractivity contribution >= 4 is 17.3 Å². The van der Waals surface area contributed by atoms with E-state index in [1.54, 1.807) is 18.2 Å². The first-order chi connectivity index (χ1) is 8.13. The molecule has 0 atom stereocenters. The van der Waals surface area contributed by atoms with Gasteiger partial charge in [0, 0.05) is 19.2 Å². The van der Waals surface area contributed by atoms with Crippen LogP contribution in [0.4, 0.5) is 11.4 Å². The van der Waals surface area contributed by atoms with Crippen LogP contribution >= 0.6 is 0 Å². The second-order valence-corrected chi connectivity index (χ2v) is 3.48. The number of carbonyl (C=O) groups is 1. The summed E-state index contributed by atoms with van der Waals surface area (Å²) < 4.78 is 10.6. The molecule has 0 saturated carbocycles. The average Bonchev–Trinajstić information content (AvgIpc) is 2.26. The van der Waals surface area contributed by atoms with Crippen LogP contribution < -0.4 is 15.8 Å². The monoisotopic (exact) mass is 238 g/mol. The quantitative estimate of drug-likeness (QED) is 0.583. The third kappa shape index (κ3) is 4.74. The molecule has 0 unspecified atom stereocenters. The molecule has 1 rings (SSSR count). The summed E-state index contributed by atoms with van der Waals surface area (Å²) in [5.41, 5.74) is 6.95. The van der Waals surface area contributed by atoms with Gasteiger partial charge in [-0.05, 0) is 25.1 Å². The summed E-state index contributed by atoms with van der Waals surface area (Å²) >= 11 is 0. The highest BCUT2D eigenvalue weighted by molar-refractivity contribution is 5.89. The third-order valence-corrected chi connectivity index (χ3v) is 2.02. The number of hydrogen-bond acceptors (Lipinski definition) is 4. The van der Waals surface area contributed by atoms with Crippen molar-refractivity contribution in [3.05, 3.63) is 18.2 Å². The van der Waals surface area contributed by atoms with Gasteiger partial charge in [-0.15, -0.1) is 0 Å². The molecule has 0 radical (unpaired) electrons. The van der Waals surface area contributed by atoms with Crippen LogP contribution in [0.2, 0.25) is 0 Å². The smallest absolute Gasteiger partial charge is 0.221 e. The standard InChI is InChI=1S/C12H18N2O3/c1-3-16-6-7-17-12-5-4-10(8-11(12)13)14-9(2)15/h4-5,8H,3,6-7,13H2,1-2H3,(H,14,15). The molecule has 0 spiro atoms. The van der Waals surface area contributed by atoms with Gasteiger partial charge >= 0.3 is 0 Å². The summed E-state index contributed by atoms with van der Waals surface area (Å²) in [5, 5.41) is 2.65. The Balaban J connectivity index is 2.54. The highest BCUT2D eigenvalue weighted by atomic mass is 16.5. The summed E-state index contributed by atoms with van der Waals surface area (Å²) in [7, 11) is 0. The van der Waals surface area contributed by atoms with Gasteiger partial charge in [-0.3, -0.25) is 4.79 Å². The van der Waals surface area contributed by atoms with Crippen LogP contribution in [0.25, 0.3) is 0 Å². The zero-order valence-corrected chi connectivity index (χ0v) is 10.2. The summed E-state index contributed by atoms with van der Waals surface area (Å²) in [5.74, 6) is 0.466. The van der Waals surface area contributed by atoms with Gasteiger partial charge in [0.15, 0.2) is 0 Å². The number of nitrogens with one attached hydrogen (secondary N) is 1. The molecule has 0 bridgehead atoms. The minimum absolute atomic E-state index is 0.130. The number of ether oxygens (including phenoxy) is 2. The maximum Gasteiger partial charge on any atom is 0.221 e. The van der Waals surface area contributed by atoms with E-state index in [9.17, 15) is 4.79 Å². The Morgan fingerprint density at radius 2 is 2.18 bits per heavy atom. The molecule has 94 valence electrons. The molecule has 17 heavy (non-hydrogen) atoms. The van der Waals surface area contributed by atoms with Crippen molar-refractivity contribution < 1.29 is 14.3 Å². The van der Waals surface area contributed by atoms with Gasteiger partial charge in [-0.2, -0.15) is 0 Å². The minimum atomic E-state index is -0.130. The molecule has 1 aromatic rings. The Kier molecular flexibility index (Phi) is 5.29. The predicted octanol–water partition coefficient (Wildman–Crippen LogP) is 1.64. The van der Waals surface area contributed by atoms with E-state index < -0.39 is 0 Å². The number of amides is 1. The van der Waals surface area contributed by atoms with Gasteiger partial charge in [-0.1, -0.05) is 0 Å². The molecule has 1 aromatic carbocycles. The molecule has 1 amide bonds. The van der Waals surface area contributed by atoms with Crippen LogP contribution in [0.3, 0.4) is 0 Å². The molecular formula is C12H18N2O3. The number of nitrogen functional groups attached to an aromatic ring is 1. The lowest BCUT2D eigenvalue weighted by Gasteiger charge is -2.10. The van der Waals surface area contributed by atoms with Crippen molar-refractivity contribution in [2.24, 2.45) is 0 Å². The van der Waals surface area contributed by atoms with Crippen LogP contribution in [-0.4, -0.2) is 25.7 Å². The Bertz CT molecular complexity index is 380. The highest BCUT2D eigenvalue weighted by Crippen LogP contribution is 2.24. The van der Waals surface area contributed by atoms with Crippen molar-refractivity contribution in [3.63, 3.8) is 0 Å². The van der Waals surface area contributed by atoms with E-state index in [1.807, 2.05) is 6.92 Å². The highest BCUT2D eigenvalue weighted by Gasteiger charge is 2.03. The maximum atomic E-state index is 10.9. The molecule has 0 fully saturated rings. The summed E-state index contributed by atoms with van der Waals surface area (Å²) in [6.07, 6.45) is 0. The van der Waals surface area contributed by atoms with E-state index in [0.29, 0.717) is 36.9 Å². The first-order valence-corrected chi connectivity index (χ1v) is 5.51. The van der Waals surface area contributed by atoms with Crippen LogP contribution in [0, 0.1) is 0 Å². The SMILES string of the molecule is CCOCCOc1ccc(NC(C)=O)cc1N. The second-order valence-electron chi connectivity index (χ2n) is 3.48. The van der Waals surface area contributed by atoms with Crippen LogP contribution in [0.15, 0.2) is 18.2 Å². The van der Waals surface area contributed by atoms with Crippen molar-refractivity contribution in [1.29, 1.82) is 0 Å². The molecule has 0 saturated heterocycles. The fraction of sp³-hybridized carbons (Fsp3) is 0.417. The lowest BCUT2D eigenvalue weighted by atomic mass is 10.2. The van der Waals surface area contributed by atoms with Crippen molar-refractivity contribution in [2.75, 3.05) is 30.9 Å². The topological polar surface area (TPSA) is 73.6 Å². The predicted molar refractivity (Wildman–Crippen MR) is 67.1 cm³/mol. The number of anilines is 2. The molecule has 0 aliphatic carbocycles. The molecule has 0 aromatic heterocycles. The van der Waals surface area contributed by atoms with Gasteiger partial charge in [0.1, 0.15) is 12.4 Å². The molecule has 0 aliphatic rings.